The van der Waals surface area contributed by atoms with Crippen molar-refractivity contribution in [1.82, 2.24) is 10.2 Å². The molecule has 0 saturated carbocycles. The SMILES string of the molecule is CC(=O)NCC[C@H]1CCCCN1C(=O)Nc1ccc(Cl)c(C)c1Cl. The van der Waals surface area contributed by atoms with E-state index in [1.54, 1.807) is 12.1 Å². The fraction of sp³-hybridized carbons (Fsp3) is 0.529. The van der Waals surface area contributed by atoms with Crippen molar-refractivity contribution in [1.29, 1.82) is 0 Å². The normalized spacial score (nSPS) is 17.5. The first-order valence-corrected chi connectivity index (χ1v) is 8.92. The van der Waals surface area contributed by atoms with Crippen LogP contribution in [0.5, 0.6) is 0 Å². The van der Waals surface area contributed by atoms with Gasteiger partial charge in [-0.2, -0.15) is 0 Å². The minimum atomic E-state index is -0.161. The molecule has 1 aliphatic heterocycles. The molecule has 7 heteroatoms. The second-order valence-corrected chi connectivity index (χ2v) is 6.86. The minimum absolute atomic E-state index is 0.0507. The summed E-state index contributed by atoms with van der Waals surface area (Å²) in [6, 6.07) is 3.40. The van der Waals surface area contributed by atoms with E-state index in [-0.39, 0.29) is 18.0 Å². The van der Waals surface area contributed by atoms with E-state index in [2.05, 4.69) is 10.6 Å². The molecule has 0 bridgehead atoms. The second-order valence-electron chi connectivity index (χ2n) is 6.08. The molecule has 1 fully saturated rings. The quantitative estimate of drug-likeness (QED) is 0.832. The lowest BCUT2D eigenvalue weighted by molar-refractivity contribution is -0.119. The number of hydrogen-bond acceptors (Lipinski definition) is 2. The topological polar surface area (TPSA) is 61.4 Å². The van der Waals surface area contributed by atoms with Gasteiger partial charge in [0.05, 0.1) is 10.7 Å². The Balaban J connectivity index is 2.03. The molecule has 1 aromatic carbocycles. The summed E-state index contributed by atoms with van der Waals surface area (Å²) in [5.41, 5.74) is 1.31. The number of benzene rings is 1. The highest BCUT2D eigenvalue weighted by atomic mass is 35.5. The van der Waals surface area contributed by atoms with Crippen LogP contribution in [0.2, 0.25) is 10.0 Å². The standard InChI is InChI=1S/C17H23Cl2N3O2/c1-11-14(18)6-7-15(16(11)19)21-17(24)22-10-4-3-5-13(22)8-9-20-12(2)23/h6-7,13H,3-5,8-10H2,1-2H3,(H,20,23)(H,21,24)/t13-/m1/s1. The Bertz CT molecular complexity index is 622. The van der Waals surface area contributed by atoms with Gasteiger partial charge >= 0.3 is 6.03 Å². The van der Waals surface area contributed by atoms with E-state index in [0.29, 0.717) is 28.8 Å². The maximum Gasteiger partial charge on any atom is 0.322 e. The molecule has 132 valence electrons. The van der Waals surface area contributed by atoms with Crippen LogP contribution in [-0.2, 0) is 4.79 Å². The Morgan fingerprint density at radius 3 is 2.75 bits per heavy atom. The van der Waals surface area contributed by atoms with Crippen molar-refractivity contribution < 1.29 is 9.59 Å². The van der Waals surface area contributed by atoms with E-state index in [1.165, 1.54) is 6.92 Å². The average Bonchev–Trinajstić information content (AvgIpc) is 2.55. The lowest BCUT2D eigenvalue weighted by Gasteiger charge is -2.36. The number of likely N-dealkylation sites (tertiary alicyclic amines) is 1. The van der Waals surface area contributed by atoms with Gasteiger partial charge in [0.25, 0.3) is 0 Å². The Morgan fingerprint density at radius 2 is 2.04 bits per heavy atom. The van der Waals surface area contributed by atoms with Crippen LogP contribution in [0.25, 0.3) is 0 Å². The van der Waals surface area contributed by atoms with E-state index >= 15 is 0 Å². The molecule has 2 rings (SSSR count). The average molecular weight is 372 g/mol. The number of carbonyl (C=O) groups is 2. The zero-order valence-electron chi connectivity index (χ0n) is 14.0. The molecular weight excluding hydrogens is 349 g/mol. The Labute approximate surface area is 152 Å². The van der Waals surface area contributed by atoms with Crippen LogP contribution in [0.15, 0.2) is 12.1 Å². The van der Waals surface area contributed by atoms with Crippen LogP contribution in [-0.4, -0.2) is 36.0 Å². The molecule has 0 spiro atoms. The number of nitrogens with one attached hydrogen (secondary N) is 2. The first-order valence-electron chi connectivity index (χ1n) is 8.16. The molecule has 24 heavy (non-hydrogen) atoms. The molecule has 0 aromatic heterocycles. The highest BCUT2D eigenvalue weighted by Gasteiger charge is 2.27. The molecule has 0 unspecified atom stereocenters. The third kappa shape index (κ3) is 4.77. The largest absolute Gasteiger partial charge is 0.356 e. The molecule has 1 atom stereocenters. The van der Waals surface area contributed by atoms with Crippen LogP contribution >= 0.6 is 23.2 Å². The maximum atomic E-state index is 12.7. The monoisotopic (exact) mass is 371 g/mol. The predicted molar refractivity (Wildman–Crippen MR) is 97.9 cm³/mol. The number of piperidine rings is 1. The van der Waals surface area contributed by atoms with Crippen LogP contribution in [0.1, 0.15) is 38.2 Å². The molecule has 1 aliphatic rings. The van der Waals surface area contributed by atoms with Crippen LogP contribution in [0.3, 0.4) is 0 Å². The zero-order chi connectivity index (χ0) is 17.7. The van der Waals surface area contributed by atoms with Crippen molar-refractivity contribution >= 4 is 40.8 Å². The number of urea groups is 1. The summed E-state index contributed by atoms with van der Waals surface area (Å²) in [6.45, 7) is 4.60. The lowest BCUT2D eigenvalue weighted by Crippen LogP contribution is -2.47. The van der Waals surface area contributed by atoms with Crippen molar-refractivity contribution in [2.75, 3.05) is 18.4 Å². The fourth-order valence-electron chi connectivity index (χ4n) is 2.93. The van der Waals surface area contributed by atoms with E-state index < -0.39 is 0 Å². The smallest absolute Gasteiger partial charge is 0.322 e. The molecule has 5 nitrogen and oxygen atoms in total. The number of carbonyl (C=O) groups excluding carboxylic acids is 2. The van der Waals surface area contributed by atoms with E-state index in [1.807, 2.05) is 11.8 Å². The van der Waals surface area contributed by atoms with Crippen molar-refractivity contribution in [2.24, 2.45) is 0 Å². The molecule has 0 radical (unpaired) electrons. The minimum Gasteiger partial charge on any atom is -0.356 e. The summed E-state index contributed by atoms with van der Waals surface area (Å²) < 4.78 is 0. The lowest BCUT2D eigenvalue weighted by atomic mass is 10.00. The third-order valence-corrected chi connectivity index (χ3v) is 5.20. The van der Waals surface area contributed by atoms with Gasteiger partial charge in [-0.1, -0.05) is 23.2 Å². The molecule has 0 aliphatic carbocycles. The van der Waals surface area contributed by atoms with E-state index in [9.17, 15) is 9.59 Å². The van der Waals surface area contributed by atoms with Gasteiger partial charge < -0.3 is 15.5 Å². The summed E-state index contributed by atoms with van der Waals surface area (Å²) >= 11 is 12.3. The van der Waals surface area contributed by atoms with Gasteiger partial charge in [-0.15, -0.1) is 0 Å². The Kier molecular flexibility index (Phi) is 6.75. The summed E-state index contributed by atoms with van der Waals surface area (Å²) in [6.07, 6.45) is 3.77. The van der Waals surface area contributed by atoms with Crippen molar-refractivity contribution in [3.8, 4) is 0 Å². The van der Waals surface area contributed by atoms with Gasteiger partial charge in [-0.05, 0) is 50.3 Å². The summed E-state index contributed by atoms with van der Waals surface area (Å²) in [4.78, 5) is 25.5. The van der Waals surface area contributed by atoms with Crippen LogP contribution < -0.4 is 10.6 Å². The highest BCUT2D eigenvalue weighted by molar-refractivity contribution is 6.38. The van der Waals surface area contributed by atoms with Gasteiger partial charge in [0.2, 0.25) is 5.91 Å². The number of amides is 3. The summed E-state index contributed by atoms with van der Waals surface area (Å²) in [7, 11) is 0. The first-order chi connectivity index (χ1) is 11.4. The zero-order valence-corrected chi connectivity index (χ0v) is 15.5. The van der Waals surface area contributed by atoms with Gasteiger partial charge in [0.1, 0.15) is 0 Å². The fourth-order valence-corrected chi connectivity index (χ4v) is 3.35. The van der Waals surface area contributed by atoms with Gasteiger partial charge in [-0.3, -0.25) is 4.79 Å². The molecule has 3 amide bonds. The number of anilines is 1. The second kappa shape index (κ2) is 8.58. The van der Waals surface area contributed by atoms with Crippen molar-refractivity contribution in [3.05, 3.63) is 27.7 Å². The summed E-state index contributed by atoms with van der Waals surface area (Å²) in [5.74, 6) is -0.0507. The van der Waals surface area contributed by atoms with Gasteiger partial charge in [0.15, 0.2) is 0 Å². The number of nitrogens with zero attached hydrogens (tertiary/aromatic N) is 1. The van der Waals surface area contributed by atoms with Gasteiger partial charge in [-0.25, -0.2) is 4.79 Å². The Hall–Kier alpha value is -1.46. The Morgan fingerprint density at radius 1 is 1.29 bits per heavy atom. The van der Waals surface area contributed by atoms with Crippen molar-refractivity contribution in [3.63, 3.8) is 0 Å². The predicted octanol–water partition coefficient (Wildman–Crippen LogP) is 4.21. The van der Waals surface area contributed by atoms with E-state index in [4.69, 9.17) is 23.2 Å². The first kappa shape index (κ1) is 18.9. The molecule has 1 saturated heterocycles. The van der Waals surface area contributed by atoms with Gasteiger partial charge in [0, 0.05) is 31.1 Å². The maximum absolute atomic E-state index is 12.7. The van der Waals surface area contributed by atoms with E-state index in [0.717, 1.165) is 31.2 Å². The highest BCUT2D eigenvalue weighted by Crippen LogP contribution is 2.31. The molecule has 2 N–H and O–H groups in total. The number of rotatable bonds is 4. The van der Waals surface area contributed by atoms with Crippen LogP contribution in [0, 0.1) is 6.92 Å². The third-order valence-electron chi connectivity index (χ3n) is 4.30. The number of hydrogen-bond donors (Lipinski definition) is 2. The molecule has 1 heterocycles. The van der Waals surface area contributed by atoms with Crippen molar-refractivity contribution in [2.45, 2.75) is 45.6 Å². The molecule has 1 aromatic rings. The summed E-state index contributed by atoms with van der Waals surface area (Å²) in [5, 5.41) is 6.71. The molecular formula is C17H23Cl2N3O2. The number of halogens is 2. The van der Waals surface area contributed by atoms with Crippen LogP contribution in [0.4, 0.5) is 10.5 Å².